The molecule has 1 heterocycles. The zero-order chi connectivity index (χ0) is 9.97. The summed E-state index contributed by atoms with van der Waals surface area (Å²) in [6, 6.07) is 6.53. The molecule has 1 N–H and O–H groups in total. The van der Waals surface area contributed by atoms with Crippen LogP contribution in [0, 0.1) is 0 Å². The van der Waals surface area contributed by atoms with Crippen molar-refractivity contribution in [3.63, 3.8) is 0 Å². The average Bonchev–Trinajstić information content (AvgIpc) is 2.70. The Morgan fingerprint density at radius 2 is 2.36 bits per heavy atom. The van der Waals surface area contributed by atoms with E-state index in [0.29, 0.717) is 6.04 Å². The maximum atomic E-state index is 5.37. The Hall–Kier alpha value is -0.540. The monoisotopic (exact) mass is 255 g/mol. The molecule has 0 aromatic heterocycles. The second kappa shape index (κ2) is 4.32. The second-order valence-electron chi connectivity index (χ2n) is 3.50. The summed E-state index contributed by atoms with van der Waals surface area (Å²) in [6.07, 6.45) is 2.44. The highest BCUT2D eigenvalue weighted by atomic mass is 79.9. The Morgan fingerprint density at radius 1 is 1.50 bits per heavy atom. The molecule has 0 aliphatic carbocycles. The summed E-state index contributed by atoms with van der Waals surface area (Å²) < 4.78 is 6.50. The van der Waals surface area contributed by atoms with Gasteiger partial charge in [-0.05, 0) is 31.5 Å². The fourth-order valence-electron chi connectivity index (χ4n) is 1.96. The maximum absolute atomic E-state index is 5.37. The van der Waals surface area contributed by atoms with Crippen LogP contribution in [0.1, 0.15) is 24.4 Å². The number of halogens is 1. The Labute approximate surface area is 92.8 Å². The highest BCUT2D eigenvalue weighted by Gasteiger charge is 2.21. The van der Waals surface area contributed by atoms with E-state index in [9.17, 15) is 0 Å². The molecule has 1 saturated heterocycles. The van der Waals surface area contributed by atoms with Gasteiger partial charge in [0.2, 0.25) is 0 Å². The molecule has 0 radical (unpaired) electrons. The smallest absolute Gasteiger partial charge is 0.124 e. The third-order valence-corrected chi connectivity index (χ3v) is 3.33. The van der Waals surface area contributed by atoms with E-state index in [2.05, 4.69) is 27.3 Å². The Bertz CT molecular complexity index is 321. The molecule has 1 aliphatic heterocycles. The van der Waals surface area contributed by atoms with E-state index in [1.165, 1.54) is 18.4 Å². The molecule has 0 unspecified atom stereocenters. The predicted octanol–water partition coefficient (Wildman–Crippen LogP) is 2.88. The van der Waals surface area contributed by atoms with Crippen LogP contribution >= 0.6 is 15.9 Å². The van der Waals surface area contributed by atoms with Crippen molar-refractivity contribution < 1.29 is 4.74 Å². The molecule has 14 heavy (non-hydrogen) atoms. The molecule has 2 rings (SSSR count). The number of ether oxygens (including phenoxy) is 1. The van der Waals surface area contributed by atoms with Gasteiger partial charge in [0.05, 0.1) is 7.11 Å². The fraction of sp³-hybridized carbons (Fsp3) is 0.455. The lowest BCUT2D eigenvalue weighted by atomic mass is 10.0. The highest BCUT2D eigenvalue weighted by Crippen LogP contribution is 2.36. The number of nitrogens with one attached hydrogen (secondary N) is 1. The molecule has 2 nitrogen and oxygen atoms in total. The summed E-state index contributed by atoms with van der Waals surface area (Å²) in [5, 5.41) is 3.48. The minimum atomic E-state index is 0.445. The van der Waals surface area contributed by atoms with Crippen LogP contribution < -0.4 is 10.1 Å². The van der Waals surface area contributed by atoms with Crippen molar-refractivity contribution in [1.82, 2.24) is 5.32 Å². The highest BCUT2D eigenvalue weighted by molar-refractivity contribution is 9.10. The van der Waals surface area contributed by atoms with Gasteiger partial charge in [0.1, 0.15) is 5.75 Å². The average molecular weight is 256 g/mol. The minimum absolute atomic E-state index is 0.445. The molecule has 0 spiro atoms. The maximum Gasteiger partial charge on any atom is 0.124 e. The van der Waals surface area contributed by atoms with Crippen molar-refractivity contribution in [2.45, 2.75) is 18.9 Å². The van der Waals surface area contributed by atoms with E-state index >= 15 is 0 Å². The van der Waals surface area contributed by atoms with Gasteiger partial charge in [-0.25, -0.2) is 0 Å². The molecule has 1 atom stereocenters. The Balaban J connectivity index is 2.37. The van der Waals surface area contributed by atoms with E-state index < -0.39 is 0 Å². The van der Waals surface area contributed by atoms with Crippen LogP contribution in [0.2, 0.25) is 0 Å². The molecule has 0 saturated carbocycles. The van der Waals surface area contributed by atoms with Crippen LogP contribution in [0.5, 0.6) is 5.75 Å². The zero-order valence-corrected chi connectivity index (χ0v) is 9.80. The lowest BCUT2D eigenvalue weighted by Crippen LogP contribution is -2.14. The number of methoxy groups -OCH3 is 1. The van der Waals surface area contributed by atoms with Crippen LogP contribution in [0.3, 0.4) is 0 Å². The molecule has 1 aliphatic rings. The zero-order valence-electron chi connectivity index (χ0n) is 8.22. The van der Waals surface area contributed by atoms with Gasteiger partial charge in [0.15, 0.2) is 0 Å². The van der Waals surface area contributed by atoms with E-state index in [4.69, 9.17) is 4.74 Å². The third kappa shape index (κ3) is 1.79. The third-order valence-electron chi connectivity index (χ3n) is 2.64. The van der Waals surface area contributed by atoms with Crippen LogP contribution in [0.15, 0.2) is 22.7 Å². The van der Waals surface area contributed by atoms with Crippen molar-refractivity contribution in [2.24, 2.45) is 0 Å². The van der Waals surface area contributed by atoms with Gasteiger partial charge in [0, 0.05) is 16.1 Å². The largest absolute Gasteiger partial charge is 0.496 e. The van der Waals surface area contributed by atoms with E-state index in [1.54, 1.807) is 7.11 Å². The van der Waals surface area contributed by atoms with Crippen LogP contribution in [-0.2, 0) is 0 Å². The number of benzene rings is 1. The molecule has 0 amide bonds. The summed E-state index contributed by atoms with van der Waals surface area (Å²) in [5.74, 6) is 0.971. The molecule has 76 valence electrons. The van der Waals surface area contributed by atoms with Gasteiger partial charge in [-0.1, -0.05) is 22.0 Å². The first-order valence-corrected chi connectivity index (χ1v) is 5.68. The normalized spacial score (nSPS) is 21.1. The van der Waals surface area contributed by atoms with Crippen molar-refractivity contribution in [3.8, 4) is 5.75 Å². The van der Waals surface area contributed by atoms with Gasteiger partial charge >= 0.3 is 0 Å². The van der Waals surface area contributed by atoms with Gasteiger partial charge < -0.3 is 10.1 Å². The quantitative estimate of drug-likeness (QED) is 0.878. The summed E-state index contributed by atoms with van der Waals surface area (Å²) in [6.45, 7) is 1.11. The first kappa shape index (κ1) is 9.99. The predicted molar refractivity (Wildman–Crippen MR) is 60.7 cm³/mol. The molecule has 1 fully saturated rings. The van der Waals surface area contributed by atoms with Crippen LogP contribution in [-0.4, -0.2) is 13.7 Å². The van der Waals surface area contributed by atoms with E-state index in [-0.39, 0.29) is 0 Å². The van der Waals surface area contributed by atoms with Crippen molar-refractivity contribution in [3.05, 3.63) is 28.2 Å². The van der Waals surface area contributed by atoms with Gasteiger partial charge in [-0.3, -0.25) is 0 Å². The molecule has 1 aromatic rings. The number of hydrogen-bond acceptors (Lipinski definition) is 2. The van der Waals surface area contributed by atoms with Crippen LogP contribution in [0.25, 0.3) is 0 Å². The first-order valence-electron chi connectivity index (χ1n) is 4.88. The summed E-state index contributed by atoms with van der Waals surface area (Å²) >= 11 is 3.58. The van der Waals surface area contributed by atoms with Crippen molar-refractivity contribution >= 4 is 15.9 Å². The molecular weight excluding hydrogens is 242 g/mol. The van der Waals surface area contributed by atoms with Crippen molar-refractivity contribution in [2.75, 3.05) is 13.7 Å². The molecule has 1 aromatic carbocycles. The summed E-state index contributed by atoms with van der Waals surface area (Å²) in [7, 11) is 1.72. The Kier molecular flexibility index (Phi) is 3.08. The number of hydrogen-bond donors (Lipinski definition) is 1. The summed E-state index contributed by atoms with van der Waals surface area (Å²) in [4.78, 5) is 0. The SMILES string of the molecule is COc1cccc(Br)c1[C@@H]1CCCN1. The number of rotatable bonds is 2. The Morgan fingerprint density at radius 3 is 3.00 bits per heavy atom. The van der Waals surface area contributed by atoms with E-state index in [1.807, 2.05) is 12.1 Å². The van der Waals surface area contributed by atoms with Crippen LogP contribution in [0.4, 0.5) is 0 Å². The standard InChI is InChI=1S/C11H14BrNO/c1-14-10-6-2-4-8(12)11(10)9-5-3-7-13-9/h2,4,6,9,13H,3,5,7H2,1H3/t9-/m0/s1. The second-order valence-corrected chi connectivity index (χ2v) is 4.36. The lowest BCUT2D eigenvalue weighted by molar-refractivity contribution is 0.402. The molecule has 0 bridgehead atoms. The first-order chi connectivity index (χ1) is 6.83. The minimum Gasteiger partial charge on any atom is -0.496 e. The van der Waals surface area contributed by atoms with E-state index in [0.717, 1.165) is 16.8 Å². The van der Waals surface area contributed by atoms with Gasteiger partial charge in [-0.2, -0.15) is 0 Å². The molecule has 3 heteroatoms. The molecular formula is C11H14BrNO. The van der Waals surface area contributed by atoms with Gasteiger partial charge in [-0.15, -0.1) is 0 Å². The fourth-order valence-corrected chi connectivity index (χ4v) is 2.59. The topological polar surface area (TPSA) is 21.3 Å². The van der Waals surface area contributed by atoms with Crippen molar-refractivity contribution in [1.29, 1.82) is 0 Å². The lowest BCUT2D eigenvalue weighted by Gasteiger charge is -2.16. The van der Waals surface area contributed by atoms with Gasteiger partial charge in [0.25, 0.3) is 0 Å². The summed E-state index contributed by atoms with van der Waals surface area (Å²) in [5.41, 5.74) is 1.26.